The van der Waals surface area contributed by atoms with Gasteiger partial charge in [0, 0.05) is 0 Å². The van der Waals surface area contributed by atoms with Crippen LogP contribution in [0.15, 0.2) is 24.3 Å². The first-order valence-corrected chi connectivity index (χ1v) is 6.59. The minimum Gasteiger partial charge on any atom is -0.207 e. The molecule has 1 fully saturated rings. The third-order valence-corrected chi connectivity index (χ3v) is 3.93. The van der Waals surface area contributed by atoms with Crippen LogP contribution in [0.1, 0.15) is 49.5 Å². The highest BCUT2D eigenvalue weighted by atomic mass is 35.5. The molecule has 0 heterocycles. The highest BCUT2D eigenvalue weighted by Crippen LogP contribution is 2.35. The fourth-order valence-electron chi connectivity index (χ4n) is 2.52. The minimum atomic E-state index is -0.190. The van der Waals surface area contributed by atoms with Crippen LogP contribution < -0.4 is 0 Å². The van der Waals surface area contributed by atoms with E-state index in [0.717, 1.165) is 17.9 Å². The van der Waals surface area contributed by atoms with Crippen LogP contribution >= 0.6 is 11.6 Å². The van der Waals surface area contributed by atoms with Crippen LogP contribution in [0.2, 0.25) is 0 Å². The van der Waals surface area contributed by atoms with E-state index in [2.05, 4.69) is 0 Å². The van der Waals surface area contributed by atoms with Crippen molar-refractivity contribution in [1.29, 1.82) is 0 Å². The molecule has 1 aromatic carbocycles. The minimum absolute atomic E-state index is 0.0451. The maximum atomic E-state index is 12.8. The van der Waals surface area contributed by atoms with Crippen molar-refractivity contribution in [3.8, 4) is 0 Å². The van der Waals surface area contributed by atoms with Gasteiger partial charge in [-0.1, -0.05) is 44.2 Å². The second-order valence-corrected chi connectivity index (χ2v) is 5.29. The molecule has 0 saturated heterocycles. The summed E-state index contributed by atoms with van der Waals surface area (Å²) in [7, 11) is 0. The Labute approximate surface area is 102 Å². The van der Waals surface area contributed by atoms with Crippen molar-refractivity contribution in [3.63, 3.8) is 0 Å². The fourth-order valence-corrected chi connectivity index (χ4v) is 2.92. The fraction of sp³-hybridized carbons (Fsp3) is 0.571. The zero-order chi connectivity index (χ0) is 11.4. The lowest BCUT2D eigenvalue weighted by molar-refractivity contribution is 0.336. The van der Waals surface area contributed by atoms with Crippen molar-refractivity contribution in [2.75, 3.05) is 0 Å². The number of alkyl halides is 1. The Morgan fingerprint density at radius 1 is 1.12 bits per heavy atom. The smallest absolute Gasteiger partial charge is 0.123 e. The normalized spacial score (nSPS) is 19.6. The van der Waals surface area contributed by atoms with Crippen LogP contribution in [0, 0.1) is 11.7 Å². The van der Waals surface area contributed by atoms with Gasteiger partial charge in [-0.3, -0.25) is 0 Å². The summed E-state index contributed by atoms with van der Waals surface area (Å²) in [6.45, 7) is 0. The molecule has 88 valence electrons. The maximum absolute atomic E-state index is 12.8. The number of hydrogen-bond donors (Lipinski definition) is 0. The van der Waals surface area contributed by atoms with Gasteiger partial charge in [-0.2, -0.15) is 0 Å². The molecule has 0 aliphatic heterocycles. The van der Waals surface area contributed by atoms with E-state index in [4.69, 9.17) is 11.6 Å². The van der Waals surface area contributed by atoms with Gasteiger partial charge in [-0.15, -0.1) is 11.6 Å². The van der Waals surface area contributed by atoms with E-state index < -0.39 is 0 Å². The summed E-state index contributed by atoms with van der Waals surface area (Å²) >= 11 is 6.37. The number of benzene rings is 1. The summed E-state index contributed by atoms with van der Waals surface area (Å²) in [5.74, 6) is 0.576. The molecule has 0 spiro atoms. The summed E-state index contributed by atoms with van der Waals surface area (Å²) in [6, 6.07) is 6.59. The van der Waals surface area contributed by atoms with E-state index in [0.29, 0.717) is 0 Å². The van der Waals surface area contributed by atoms with E-state index in [1.165, 1.54) is 44.2 Å². The molecular formula is C14H18ClF. The van der Waals surface area contributed by atoms with Crippen molar-refractivity contribution >= 4 is 11.6 Å². The molecule has 1 aliphatic rings. The molecule has 2 rings (SSSR count). The number of rotatable bonds is 3. The molecule has 2 heteroatoms. The first-order chi connectivity index (χ1) is 7.75. The van der Waals surface area contributed by atoms with Crippen LogP contribution in [0.5, 0.6) is 0 Å². The van der Waals surface area contributed by atoms with Crippen LogP contribution in [0.25, 0.3) is 0 Å². The average molecular weight is 241 g/mol. The van der Waals surface area contributed by atoms with Crippen molar-refractivity contribution in [2.24, 2.45) is 5.92 Å². The molecule has 0 radical (unpaired) electrons. The van der Waals surface area contributed by atoms with Gasteiger partial charge in [0.1, 0.15) is 5.82 Å². The molecule has 1 aromatic rings. The lowest BCUT2D eigenvalue weighted by Crippen LogP contribution is -2.08. The Morgan fingerprint density at radius 2 is 1.75 bits per heavy atom. The molecule has 16 heavy (non-hydrogen) atoms. The third-order valence-electron chi connectivity index (χ3n) is 3.50. The average Bonchev–Trinajstić information content (AvgIpc) is 2.31. The Hall–Kier alpha value is -0.560. The zero-order valence-corrected chi connectivity index (χ0v) is 10.2. The largest absolute Gasteiger partial charge is 0.207 e. The number of hydrogen-bond acceptors (Lipinski definition) is 0. The molecule has 1 aliphatic carbocycles. The molecule has 1 saturated carbocycles. The van der Waals surface area contributed by atoms with Crippen LogP contribution in [0.3, 0.4) is 0 Å². The molecule has 0 aromatic heterocycles. The molecule has 1 unspecified atom stereocenters. The van der Waals surface area contributed by atoms with Gasteiger partial charge in [0.2, 0.25) is 0 Å². The Bertz CT molecular complexity index is 314. The Balaban J connectivity index is 1.91. The second-order valence-electron chi connectivity index (χ2n) is 4.76. The molecule has 0 bridgehead atoms. The Kier molecular flexibility index (Phi) is 4.22. The van der Waals surface area contributed by atoms with Gasteiger partial charge in [0.15, 0.2) is 0 Å². The van der Waals surface area contributed by atoms with Gasteiger partial charge in [-0.25, -0.2) is 4.39 Å². The summed E-state index contributed by atoms with van der Waals surface area (Å²) in [5, 5.41) is 0.0451. The Morgan fingerprint density at radius 3 is 2.38 bits per heavy atom. The van der Waals surface area contributed by atoms with Gasteiger partial charge in [-0.05, 0) is 30.0 Å². The molecule has 0 nitrogen and oxygen atoms in total. The molecular weight excluding hydrogens is 223 g/mol. The van der Waals surface area contributed by atoms with Crippen LogP contribution in [0.4, 0.5) is 4.39 Å². The van der Waals surface area contributed by atoms with Crippen molar-refractivity contribution in [3.05, 3.63) is 35.6 Å². The second kappa shape index (κ2) is 5.67. The van der Waals surface area contributed by atoms with E-state index in [1.54, 1.807) is 12.1 Å². The molecule has 0 N–H and O–H groups in total. The highest BCUT2D eigenvalue weighted by molar-refractivity contribution is 6.20. The maximum Gasteiger partial charge on any atom is 0.123 e. The molecule has 0 amide bonds. The van der Waals surface area contributed by atoms with Gasteiger partial charge < -0.3 is 0 Å². The standard InChI is InChI=1S/C14H18ClF/c15-14(10-11-4-2-1-3-5-11)12-6-8-13(16)9-7-12/h6-9,11,14H,1-5,10H2. The monoisotopic (exact) mass is 240 g/mol. The van der Waals surface area contributed by atoms with E-state index >= 15 is 0 Å². The van der Waals surface area contributed by atoms with Crippen molar-refractivity contribution in [1.82, 2.24) is 0 Å². The van der Waals surface area contributed by atoms with Gasteiger partial charge in [0.25, 0.3) is 0 Å². The van der Waals surface area contributed by atoms with E-state index in [-0.39, 0.29) is 11.2 Å². The first kappa shape index (κ1) is 11.9. The van der Waals surface area contributed by atoms with Gasteiger partial charge in [0.05, 0.1) is 5.38 Å². The van der Waals surface area contributed by atoms with Crippen LogP contribution in [-0.2, 0) is 0 Å². The lowest BCUT2D eigenvalue weighted by Gasteiger charge is -2.23. The predicted molar refractivity (Wildman–Crippen MR) is 66.2 cm³/mol. The summed E-state index contributed by atoms with van der Waals surface area (Å²) in [5.41, 5.74) is 1.05. The summed E-state index contributed by atoms with van der Waals surface area (Å²) in [4.78, 5) is 0. The van der Waals surface area contributed by atoms with Gasteiger partial charge >= 0.3 is 0 Å². The molecule has 1 atom stereocenters. The lowest BCUT2D eigenvalue weighted by atomic mass is 9.85. The quantitative estimate of drug-likeness (QED) is 0.647. The predicted octanol–water partition coefficient (Wildman–Crippen LogP) is 5.08. The first-order valence-electron chi connectivity index (χ1n) is 6.15. The van der Waals surface area contributed by atoms with E-state index in [9.17, 15) is 4.39 Å². The summed E-state index contributed by atoms with van der Waals surface area (Å²) in [6.07, 6.45) is 7.72. The van der Waals surface area contributed by atoms with Crippen molar-refractivity contribution in [2.45, 2.75) is 43.9 Å². The zero-order valence-electron chi connectivity index (χ0n) is 9.46. The van der Waals surface area contributed by atoms with Crippen molar-refractivity contribution < 1.29 is 4.39 Å². The third kappa shape index (κ3) is 3.21. The van der Waals surface area contributed by atoms with E-state index in [1.807, 2.05) is 0 Å². The summed E-state index contributed by atoms with van der Waals surface area (Å²) < 4.78 is 12.8. The number of halogens is 2. The highest BCUT2D eigenvalue weighted by Gasteiger charge is 2.18. The topological polar surface area (TPSA) is 0 Å². The van der Waals surface area contributed by atoms with Crippen LogP contribution in [-0.4, -0.2) is 0 Å². The SMILES string of the molecule is Fc1ccc(C(Cl)CC2CCCCC2)cc1.